The van der Waals surface area contributed by atoms with E-state index in [1.807, 2.05) is 0 Å². The number of halogens is 4. The fraction of sp³-hybridized carbons (Fsp3) is 0.250. The normalized spacial score (nSPS) is 14.1. The maximum absolute atomic E-state index is 14.5. The average molecular weight is 553 g/mol. The highest BCUT2D eigenvalue weighted by molar-refractivity contribution is 7.90. The fourth-order valence-electron chi connectivity index (χ4n) is 3.86. The van der Waals surface area contributed by atoms with Crippen molar-refractivity contribution in [1.82, 2.24) is 0 Å². The number of nitrogens with one attached hydrogen (secondary N) is 1. The summed E-state index contributed by atoms with van der Waals surface area (Å²) in [5, 5.41) is 3.65. The van der Waals surface area contributed by atoms with Crippen molar-refractivity contribution < 1.29 is 31.3 Å². The van der Waals surface area contributed by atoms with Crippen LogP contribution in [0.3, 0.4) is 0 Å². The highest BCUT2D eigenvalue weighted by Crippen LogP contribution is 2.36. The van der Waals surface area contributed by atoms with Gasteiger partial charge in [-0.2, -0.15) is 13.2 Å². The molecule has 2 amide bonds. The summed E-state index contributed by atoms with van der Waals surface area (Å²) in [6.45, 7) is 0.668. The van der Waals surface area contributed by atoms with Gasteiger partial charge in [-0.3, -0.25) is 4.90 Å². The van der Waals surface area contributed by atoms with E-state index in [1.54, 1.807) is 29.4 Å². The molecule has 2 heterocycles. The largest absolute Gasteiger partial charge is 0.617 e. The van der Waals surface area contributed by atoms with Gasteiger partial charge >= 0.3 is 12.2 Å². The molecule has 0 saturated carbocycles. The molecule has 38 heavy (non-hydrogen) atoms. The molecule has 0 aliphatic carbocycles. The van der Waals surface area contributed by atoms with Gasteiger partial charge in [-0.15, -0.1) is 0 Å². The third-order valence-electron chi connectivity index (χ3n) is 5.70. The zero-order valence-corrected chi connectivity index (χ0v) is 20.9. The number of urea groups is 1. The molecule has 4 rings (SSSR count). The molecule has 0 fully saturated rings. The highest BCUT2D eigenvalue weighted by Gasteiger charge is 2.32. The van der Waals surface area contributed by atoms with Gasteiger partial charge in [0.05, 0.1) is 28.4 Å². The Morgan fingerprint density at radius 1 is 1.24 bits per heavy atom. The number of benzene rings is 2. The quantitative estimate of drug-likeness (QED) is 0.223. The molecule has 1 aliphatic rings. The molecule has 5 N–H and O–H groups in total. The van der Waals surface area contributed by atoms with Gasteiger partial charge in [-0.05, 0) is 42.5 Å². The fourth-order valence-corrected chi connectivity index (χ4v) is 4.41. The Hall–Kier alpha value is -3.91. The van der Waals surface area contributed by atoms with Crippen molar-refractivity contribution in [3.05, 3.63) is 70.7 Å². The van der Waals surface area contributed by atoms with Crippen LogP contribution in [-0.2, 0) is 17.4 Å². The molecule has 1 aliphatic heterocycles. The van der Waals surface area contributed by atoms with Crippen molar-refractivity contribution in [3.63, 3.8) is 0 Å². The molecule has 0 bridgehead atoms. The molecule has 1 atom stereocenters. The predicted octanol–water partition coefficient (Wildman–Crippen LogP) is 2.96. The molecular weight excluding hydrogens is 528 g/mol. The highest BCUT2D eigenvalue weighted by atomic mass is 32.2. The molecule has 2 aromatic carbocycles. The van der Waals surface area contributed by atoms with Gasteiger partial charge in [0.15, 0.2) is 5.88 Å². The molecule has 14 heteroatoms. The summed E-state index contributed by atoms with van der Waals surface area (Å²) in [4.78, 5) is 18.8. The van der Waals surface area contributed by atoms with Crippen LogP contribution in [-0.4, -0.2) is 35.8 Å². The zero-order chi connectivity index (χ0) is 27.6. The summed E-state index contributed by atoms with van der Waals surface area (Å²) in [6.07, 6.45) is -2.41. The molecule has 1 aromatic heterocycles. The molecule has 3 aromatic rings. The van der Waals surface area contributed by atoms with E-state index in [4.69, 9.17) is 15.9 Å². The van der Waals surface area contributed by atoms with E-state index in [0.717, 1.165) is 0 Å². The number of alkyl halides is 3. The average Bonchev–Trinajstić information content (AvgIpc) is 3.27. The number of nitrogens with two attached hydrogens (primary N) is 2. The number of hydrogen-bond donors (Lipinski definition) is 3. The van der Waals surface area contributed by atoms with Crippen LogP contribution in [0.4, 0.5) is 45.3 Å². The summed E-state index contributed by atoms with van der Waals surface area (Å²) < 4.78 is 70.8. The first-order valence-corrected chi connectivity index (χ1v) is 13.0. The number of carbonyl (C=O) groups is 1. The van der Waals surface area contributed by atoms with Crippen LogP contribution in [0.15, 0.2) is 57.9 Å². The number of fused-ring (bicyclic) bond motifs is 1. The smallest absolute Gasteiger partial charge is 0.416 e. The van der Waals surface area contributed by atoms with Gasteiger partial charge < -0.3 is 30.7 Å². The molecule has 202 valence electrons. The Kier molecular flexibility index (Phi) is 7.73. The first kappa shape index (κ1) is 27.1. The number of amides is 2. The van der Waals surface area contributed by atoms with E-state index in [9.17, 15) is 26.9 Å². The Balaban J connectivity index is 1.58. The lowest BCUT2D eigenvalue weighted by Gasteiger charge is -2.26. The molecular formula is C24H24F4N6O3S. The van der Waals surface area contributed by atoms with Crippen LogP contribution in [0.2, 0.25) is 0 Å². The van der Waals surface area contributed by atoms with Crippen molar-refractivity contribution in [3.8, 4) is 0 Å². The van der Waals surface area contributed by atoms with Crippen LogP contribution in [0.1, 0.15) is 12.0 Å². The van der Waals surface area contributed by atoms with Gasteiger partial charge in [0, 0.05) is 24.7 Å². The first-order chi connectivity index (χ1) is 18.0. The zero-order valence-electron chi connectivity index (χ0n) is 20.1. The van der Waals surface area contributed by atoms with E-state index in [2.05, 4.69) is 10.3 Å². The SMILES string of the molecule is C[S+]([O-])CCCNc1cc2c(o1)=NCN(c1ccc(N(C(N)=O)c3cc(C(F)(F)F)ccc3F)cc1)C=2N. The van der Waals surface area contributed by atoms with Gasteiger partial charge in [-0.1, -0.05) is 11.2 Å². The lowest BCUT2D eigenvalue weighted by molar-refractivity contribution is -0.137. The Labute approximate surface area is 217 Å². The monoisotopic (exact) mass is 552 g/mol. The molecule has 0 spiro atoms. The van der Waals surface area contributed by atoms with Gasteiger partial charge in [0.2, 0.25) is 5.55 Å². The van der Waals surface area contributed by atoms with Crippen LogP contribution in [0.5, 0.6) is 0 Å². The maximum atomic E-state index is 14.5. The van der Waals surface area contributed by atoms with Gasteiger partial charge in [0.25, 0.3) is 0 Å². The molecule has 0 radical (unpaired) electrons. The number of nitrogens with zero attached hydrogens (tertiary/aromatic N) is 3. The molecule has 1 unspecified atom stereocenters. The van der Waals surface area contributed by atoms with Crippen LogP contribution < -0.4 is 37.4 Å². The van der Waals surface area contributed by atoms with E-state index in [0.29, 0.717) is 70.0 Å². The Morgan fingerprint density at radius 2 is 1.95 bits per heavy atom. The lowest BCUT2D eigenvalue weighted by Crippen LogP contribution is -2.42. The topological polar surface area (TPSA) is 136 Å². The minimum Gasteiger partial charge on any atom is -0.617 e. The van der Waals surface area contributed by atoms with Crippen molar-refractivity contribution in [1.29, 1.82) is 0 Å². The summed E-state index contributed by atoms with van der Waals surface area (Å²) >= 11 is -0.884. The molecule has 9 nitrogen and oxygen atoms in total. The van der Waals surface area contributed by atoms with Crippen LogP contribution in [0.25, 0.3) is 5.82 Å². The number of rotatable bonds is 8. The number of hydrogen-bond acceptors (Lipinski definition) is 7. The van der Waals surface area contributed by atoms with Crippen molar-refractivity contribution in [2.24, 2.45) is 16.5 Å². The summed E-state index contributed by atoms with van der Waals surface area (Å²) in [5.74, 6) is 0.308. The third kappa shape index (κ3) is 5.81. The van der Waals surface area contributed by atoms with Gasteiger partial charge in [-0.25, -0.2) is 14.2 Å². The number of primary amides is 1. The number of furan rings is 1. The van der Waals surface area contributed by atoms with Crippen molar-refractivity contribution in [2.45, 2.75) is 12.6 Å². The second-order valence-corrected chi connectivity index (χ2v) is 9.91. The first-order valence-electron chi connectivity index (χ1n) is 11.3. The summed E-state index contributed by atoms with van der Waals surface area (Å²) in [7, 11) is 0. The Bertz CT molecular complexity index is 1440. The van der Waals surface area contributed by atoms with Crippen molar-refractivity contribution >= 4 is 46.0 Å². The predicted molar refractivity (Wildman–Crippen MR) is 136 cm³/mol. The van der Waals surface area contributed by atoms with E-state index < -0.39 is 40.5 Å². The number of anilines is 4. The second kappa shape index (κ2) is 10.8. The summed E-state index contributed by atoms with van der Waals surface area (Å²) in [5.41, 5.74) is 11.0. The lowest BCUT2D eigenvalue weighted by atomic mass is 10.1. The van der Waals surface area contributed by atoms with Gasteiger partial charge in [0.1, 0.15) is 24.1 Å². The van der Waals surface area contributed by atoms with E-state index >= 15 is 0 Å². The maximum Gasteiger partial charge on any atom is 0.416 e. The van der Waals surface area contributed by atoms with Crippen LogP contribution >= 0.6 is 0 Å². The number of carbonyl (C=O) groups excluding carboxylic acids is 1. The molecule has 0 saturated heterocycles. The minimum atomic E-state index is -4.74. The van der Waals surface area contributed by atoms with Crippen molar-refractivity contribution in [2.75, 3.05) is 40.3 Å². The van der Waals surface area contributed by atoms with Crippen LogP contribution in [0, 0.1) is 5.82 Å². The minimum absolute atomic E-state index is 0.0514. The third-order valence-corrected chi connectivity index (χ3v) is 6.56. The van der Waals surface area contributed by atoms with E-state index in [-0.39, 0.29) is 12.4 Å². The summed E-state index contributed by atoms with van der Waals surface area (Å²) in [6, 6.07) is 8.18. The second-order valence-electron chi connectivity index (χ2n) is 8.35. The Morgan fingerprint density at radius 3 is 2.58 bits per heavy atom. The standard InChI is InChI=1S/C24H24F4N6O3S/c1-38(36)10-2-9-31-20-12-17-21(29)33(13-32-22(17)37-20)15-4-6-16(7-5-15)34(23(30)35)19-11-14(24(26,27)28)3-8-18(19)25/h3-8,11-12,31H,2,9-10,13,29H2,1H3,(H2,30,35). The van der Waals surface area contributed by atoms with E-state index in [1.165, 1.54) is 12.1 Å².